The van der Waals surface area contributed by atoms with E-state index in [0.717, 1.165) is 5.56 Å². The molecule has 0 atom stereocenters. The molecule has 0 saturated heterocycles. The molecule has 0 bridgehead atoms. The van der Waals surface area contributed by atoms with E-state index in [9.17, 15) is 5.26 Å². The fraction of sp³-hybridized carbons (Fsp3) is 0.111. The molecule has 0 aliphatic carbocycles. The second kappa shape index (κ2) is 6.67. The van der Waals surface area contributed by atoms with Gasteiger partial charge < -0.3 is 14.0 Å². The minimum atomic E-state index is 0.488. The van der Waals surface area contributed by atoms with Crippen LogP contribution in [0.4, 0.5) is 0 Å². The molecule has 3 aromatic rings. The van der Waals surface area contributed by atoms with Crippen LogP contribution in [0.25, 0.3) is 0 Å². The molecule has 0 spiro atoms. The van der Waals surface area contributed by atoms with Crippen LogP contribution in [0.15, 0.2) is 61.2 Å². The van der Waals surface area contributed by atoms with E-state index in [1.165, 1.54) is 0 Å². The van der Waals surface area contributed by atoms with Gasteiger partial charge in [0.2, 0.25) is 0 Å². The highest BCUT2D eigenvalue weighted by molar-refractivity contribution is 5.48. The minimum Gasteiger partial charge on any atom is -0.497 e. The first kappa shape index (κ1) is 14.7. The van der Waals surface area contributed by atoms with Crippen molar-refractivity contribution in [2.45, 2.75) is 6.54 Å². The van der Waals surface area contributed by atoms with Crippen LogP contribution in [0.1, 0.15) is 11.1 Å². The Kier molecular flexibility index (Phi) is 4.25. The first-order valence-electron chi connectivity index (χ1n) is 7.09. The quantitative estimate of drug-likeness (QED) is 0.722. The van der Waals surface area contributed by atoms with Crippen molar-refractivity contribution in [1.29, 1.82) is 5.26 Å². The highest BCUT2D eigenvalue weighted by Gasteiger charge is 2.08. The van der Waals surface area contributed by atoms with E-state index >= 15 is 0 Å². The predicted molar refractivity (Wildman–Crippen MR) is 85.6 cm³/mol. The van der Waals surface area contributed by atoms with Crippen LogP contribution in [0.5, 0.6) is 17.2 Å². The Balaban J connectivity index is 1.88. The lowest BCUT2D eigenvalue weighted by atomic mass is 10.1. The molecule has 0 saturated carbocycles. The average molecular weight is 305 g/mol. The molecule has 0 radical (unpaired) electrons. The van der Waals surface area contributed by atoms with Crippen molar-refractivity contribution in [1.82, 2.24) is 9.55 Å². The lowest BCUT2D eigenvalue weighted by Crippen LogP contribution is -1.98. The van der Waals surface area contributed by atoms with Crippen LogP contribution in [0, 0.1) is 11.3 Å². The third-order valence-electron chi connectivity index (χ3n) is 3.36. The summed E-state index contributed by atoms with van der Waals surface area (Å²) in [5.74, 6) is 1.86. The summed E-state index contributed by atoms with van der Waals surface area (Å²) in [4.78, 5) is 4.03. The Hall–Kier alpha value is -3.26. The van der Waals surface area contributed by atoms with Gasteiger partial charge in [-0.05, 0) is 29.8 Å². The molecular weight excluding hydrogens is 290 g/mol. The van der Waals surface area contributed by atoms with E-state index in [2.05, 4.69) is 11.1 Å². The molecule has 1 aromatic heterocycles. The molecule has 5 nitrogen and oxygen atoms in total. The summed E-state index contributed by atoms with van der Waals surface area (Å²) in [6.07, 6.45) is 5.37. The maximum Gasteiger partial charge on any atom is 0.145 e. The van der Waals surface area contributed by atoms with Gasteiger partial charge >= 0.3 is 0 Å². The monoisotopic (exact) mass is 305 g/mol. The van der Waals surface area contributed by atoms with Gasteiger partial charge in [-0.15, -0.1) is 0 Å². The number of nitriles is 1. The van der Waals surface area contributed by atoms with Gasteiger partial charge in [0.25, 0.3) is 0 Å². The van der Waals surface area contributed by atoms with Gasteiger partial charge in [-0.3, -0.25) is 0 Å². The SMILES string of the molecule is COc1cccc(Oc2cc(Cn3ccnc3)ccc2C#N)c1. The molecule has 0 N–H and O–H groups in total. The molecule has 0 aliphatic rings. The zero-order chi connectivity index (χ0) is 16.1. The summed E-state index contributed by atoms with van der Waals surface area (Å²) in [5.41, 5.74) is 1.52. The number of ether oxygens (including phenoxy) is 2. The highest BCUT2D eigenvalue weighted by atomic mass is 16.5. The molecule has 1 heterocycles. The summed E-state index contributed by atoms with van der Waals surface area (Å²) in [5, 5.41) is 9.27. The molecule has 0 fully saturated rings. The predicted octanol–water partition coefficient (Wildman–Crippen LogP) is 3.60. The molecule has 0 aliphatic heterocycles. The van der Waals surface area contributed by atoms with Crippen LogP contribution in [0.2, 0.25) is 0 Å². The summed E-state index contributed by atoms with van der Waals surface area (Å²) in [6, 6.07) is 15.0. The Morgan fingerprint density at radius 2 is 2.04 bits per heavy atom. The number of hydrogen-bond donors (Lipinski definition) is 0. The van der Waals surface area contributed by atoms with Crippen molar-refractivity contribution < 1.29 is 9.47 Å². The molecule has 2 aromatic carbocycles. The molecule has 5 heteroatoms. The summed E-state index contributed by atoms with van der Waals surface area (Å²) >= 11 is 0. The number of aromatic nitrogens is 2. The van der Waals surface area contributed by atoms with Crippen LogP contribution >= 0.6 is 0 Å². The fourth-order valence-electron chi connectivity index (χ4n) is 2.22. The fourth-order valence-corrected chi connectivity index (χ4v) is 2.22. The zero-order valence-corrected chi connectivity index (χ0v) is 12.6. The van der Waals surface area contributed by atoms with Gasteiger partial charge in [-0.2, -0.15) is 5.26 Å². The van der Waals surface area contributed by atoms with Crippen LogP contribution < -0.4 is 9.47 Å². The molecule has 114 valence electrons. The number of methoxy groups -OCH3 is 1. The molecule has 0 unspecified atom stereocenters. The number of nitrogens with zero attached hydrogens (tertiary/aromatic N) is 3. The average Bonchev–Trinajstić information content (AvgIpc) is 3.08. The Morgan fingerprint density at radius 1 is 1.17 bits per heavy atom. The maximum absolute atomic E-state index is 9.27. The minimum absolute atomic E-state index is 0.488. The summed E-state index contributed by atoms with van der Waals surface area (Å²) in [6.45, 7) is 0.667. The first-order valence-corrected chi connectivity index (χ1v) is 7.09. The van der Waals surface area contributed by atoms with Crippen molar-refractivity contribution in [3.63, 3.8) is 0 Å². The molecule has 23 heavy (non-hydrogen) atoms. The van der Waals surface area contributed by atoms with Crippen molar-refractivity contribution in [2.75, 3.05) is 7.11 Å². The van der Waals surface area contributed by atoms with Crippen molar-refractivity contribution in [3.05, 3.63) is 72.3 Å². The second-order valence-electron chi connectivity index (χ2n) is 4.96. The van der Waals surface area contributed by atoms with Gasteiger partial charge in [-0.1, -0.05) is 12.1 Å². The van der Waals surface area contributed by atoms with Gasteiger partial charge in [0.1, 0.15) is 23.3 Å². The third kappa shape index (κ3) is 3.50. The van der Waals surface area contributed by atoms with Gasteiger partial charge in [-0.25, -0.2) is 4.98 Å². The van der Waals surface area contributed by atoms with E-state index in [1.807, 2.05) is 41.1 Å². The summed E-state index contributed by atoms with van der Waals surface area (Å²) in [7, 11) is 1.60. The van der Waals surface area contributed by atoms with Gasteiger partial charge in [0, 0.05) is 25.0 Å². The normalized spacial score (nSPS) is 10.1. The standard InChI is InChI=1S/C18H15N3O2/c1-22-16-3-2-4-17(10-16)23-18-9-14(5-6-15(18)11-19)12-21-8-7-20-13-21/h2-10,13H,12H2,1H3. The lowest BCUT2D eigenvalue weighted by molar-refractivity contribution is 0.409. The molecule has 3 rings (SSSR count). The lowest BCUT2D eigenvalue weighted by Gasteiger charge is -2.11. The van der Waals surface area contributed by atoms with Crippen LogP contribution in [-0.2, 0) is 6.54 Å². The number of imidazole rings is 1. The van der Waals surface area contributed by atoms with E-state index in [4.69, 9.17) is 9.47 Å². The number of benzene rings is 2. The zero-order valence-electron chi connectivity index (χ0n) is 12.6. The maximum atomic E-state index is 9.27. The number of rotatable bonds is 5. The Bertz CT molecular complexity index is 836. The third-order valence-corrected chi connectivity index (χ3v) is 3.36. The van der Waals surface area contributed by atoms with E-state index in [1.54, 1.807) is 31.8 Å². The van der Waals surface area contributed by atoms with E-state index in [-0.39, 0.29) is 0 Å². The van der Waals surface area contributed by atoms with Gasteiger partial charge in [0.15, 0.2) is 0 Å². The smallest absolute Gasteiger partial charge is 0.145 e. The van der Waals surface area contributed by atoms with E-state index in [0.29, 0.717) is 29.4 Å². The van der Waals surface area contributed by atoms with E-state index < -0.39 is 0 Å². The highest BCUT2D eigenvalue weighted by Crippen LogP contribution is 2.28. The Morgan fingerprint density at radius 3 is 2.78 bits per heavy atom. The molecule has 0 amide bonds. The topological polar surface area (TPSA) is 60.1 Å². The first-order chi connectivity index (χ1) is 11.3. The second-order valence-corrected chi connectivity index (χ2v) is 4.96. The largest absolute Gasteiger partial charge is 0.497 e. The van der Waals surface area contributed by atoms with Crippen molar-refractivity contribution in [3.8, 4) is 23.3 Å². The van der Waals surface area contributed by atoms with Crippen LogP contribution in [-0.4, -0.2) is 16.7 Å². The van der Waals surface area contributed by atoms with Crippen molar-refractivity contribution >= 4 is 0 Å². The summed E-state index contributed by atoms with van der Waals surface area (Å²) < 4.78 is 13.0. The van der Waals surface area contributed by atoms with Gasteiger partial charge in [0.05, 0.1) is 19.0 Å². The van der Waals surface area contributed by atoms with Crippen LogP contribution in [0.3, 0.4) is 0 Å². The molecular formula is C18H15N3O2. The van der Waals surface area contributed by atoms with Crippen molar-refractivity contribution in [2.24, 2.45) is 0 Å². The number of hydrogen-bond acceptors (Lipinski definition) is 4. The Labute approximate surface area is 134 Å².